The van der Waals surface area contributed by atoms with Crippen molar-refractivity contribution < 1.29 is 35.5 Å². The van der Waals surface area contributed by atoms with Gasteiger partial charge in [-0.2, -0.15) is 13.2 Å². The number of aryl methyl sites for hydroxylation is 1. The van der Waals surface area contributed by atoms with E-state index in [1.165, 1.54) is 30.0 Å². The van der Waals surface area contributed by atoms with Crippen LogP contribution in [0.4, 0.5) is 17.6 Å². The first-order valence-electron chi connectivity index (χ1n) is 8.55. The molecule has 0 radical (unpaired) electrons. The lowest BCUT2D eigenvalue weighted by Gasteiger charge is -2.13. The molecule has 3 rings (SSSR count). The average molecular weight is 493 g/mol. The average Bonchev–Trinajstić information content (AvgIpc) is 3.13. The van der Waals surface area contributed by atoms with E-state index in [0.717, 1.165) is 18.2 Å². The molecule has 2 aromatic carbocycles. The molecule has 0 unspecified atom stereocenters. The first-order valence-corrected chi connectivity index (χ1v) is 10.4. The maximum atomic E-state index is 14.2. The molecule has 0 fully saturated rings. The zero-order valence-corrected chi connectivity index (χ0v) is 17.8. The lowest BCUT2D eigenvalue weighted by molar-refractivity contribution is -0.143. The maximum Gasteiger partial charge on any atom is 0.435 e. The van der Waals surface area contributed by atoms with Crippen LogP contribution in [0.2, 0.25) is 5.02 Å². The lowest BCUT2D eigenvalue weighted by Crippen LogP contribution is -2.33. The van der Waals surface area contributed by atoms with Crippen LogP contribution in [-0.4, -0.2) is 36.4 Å². The molecule has 3 aromatic rings. The summed E-state index contributed by atoms with van der Waals surface area (Å²) in [5.41, 5.74) is -3.36. The predicted molar refractivity (Wildman–Crippen MR) is 104 cm³/mol. The number of carbonyl (C=O) groups excluding carboxylic acids is 1. The summed E-state index contributed by atoms with van der Waals surface area (Å²) in [5, 5.41) is 6.26. The molecule has 0 saturated carbocycles. The number of alkyl halides is 3. The molecule has 1 N–H and O–H groups in total. The maximum absolute atomic E-state index is 14.2. The van der Waals surface area contributed by atoms with Gasteiger partial charge in [-0.3, -0.25) is 4.79 Å². The van der Waals surface area contributed by atoms with Crippen molar-refractivity contribution in [2.24, 2.45) is 0 Å². The van der Waals surface area contributed by atoms with Crippen molar-refractivity contribution in [3.05, 3.63) is 64.2 Å². The second-order valence-corrected chi connectivity index (χ2v) is 8.47. The number of halogens is 5. The lowest BCUT2D eigenvalue weighted by atomic mass is 10.2. The van der Waals surface area contributed by atoms with Gasteiger partial charge < -0.3 is 4.74 Å². The topological polar surface area (TPSA) is 103 Å². The molecular formula is C18H13ClF4N4O4S. The van der Waals surface area contributed by atoms with Gasteiger partial charge in [0.25, 0.3) is 15.9 Å². The first kappa shape index (κ1) is 23.5. The quantitative estimate of drug-likeness (QED) is 0.547. The van der Waals surface area contributed by atoms with Gasteiger partial charge in [0.1, 0.15) is 22.1 Å². The Morgan fingerprint density at radius 3 is 2.47 bits per heavy atom. The zero-order valence-electron chi connectivity index (χ0n) is 16.2. The van der Waals surface area contributed by atoms with Crippen LogP contribution in [0.5, 0.6) is 5.75 Å². The first-order chi connectivity index (χ1) is 14.8. The van der Waals surface area contributed by atoms with Gasteiger partial charge in [-0.05, 0) is 42.8 Å². The van der Waals surface area contributed by atoms with Crippen molar-refractivity contribution in [2.75, 3.05) is 7.11 Å². The molecule has 1 amide bonds. The molecule has 0 bridgehead atoms. The molecule has 170 valence electrons. The molecule has 0 aliphatic heterocycles. The van der Waals surface area contributed by atoms with Crippen molar-refractivity contribution >= 4 is 27.5 Å². The molecule has 1 aromatic heterocycles. The van der Waals surface area contributed by atoms with Crippen LogP contribution in [0.1, 0.15) is 21.7 Å². The fourth-order valence-electron chi connectivity index (χ4n) is 2.73. The van der Waals surface area contributed by atoms with E-state index >= 15 is 0 Å². The van der Waals surface area contributed by atoms with Gasteiger partial charge in [0, 0.05) is 5.02 Å². The van der Waals surface area contributed by atoms with Crippen LogP contribution in [0.15, 0.2) is 41.3 Å². The van der Waals surface area contributed by atoms with Crippen LogP contribution >= 0.6 is 11.6 Å². The van der Waals surface area contributed by atoms with Gasteiger partial charge in [0.05, 0.1) is 7.11 Å². The highest BCUT2D eigenvalue weighted by Crippen LogP contribution is 2.34. The van der Waals surface area contributed by atoms with Gasteiger partial charge in [-0.25, -0.2) is 22.2 Å². The smallest absolute Gasteiger partial charge is 0.435 e. The summed E-state index contributed by atoms with van der Waals surface area (Å²) in [5.74, 6) is -3.03. The van der Waals surface area contributed by atoms with Crippen LogP contribution in [0.25, 0.3) is 5.69 Å². The number of sulfonamides is 1. The summed E-state index contributed by atoms with van der Waals surface area (Å²) < 4.78 is 87.2. The number of hydrogen-bond donors (Lipinski definition) is 1. The molecule has 32 heavy (non-hydrogen) atoms. The monoisotopic (exact) mass is 492 g/mol. The van der Waals surface area contributed by atoms with E-state index in [-0.39, 0.29) is 15.5 Å². The van der Waals surface area contributed by atoms with E-state index < -0.39 is 49.9 Å². The van der Waals surface area contributed by atoms with Crippen LogP contribution < -0.4 is 9.46 Å². The number of rotatable bonds is 5. The molecule has 0 aliphatic rings. The van der Waals surface area contributed by atoms with Gasteiger partial charge in [-0.15, -0.1) is 5.10 Å². The van der Waals surface area contributed by atoms with Crippen molar-refractivity contribution in [3.8, 4) is 11.4 Å². The van der Waals surface area contributed by atoms with Crippen LogP contribution in [0, 0.1) is 12.7 Å². The Morgan fingerprint density at radius 1 is 1.19 bits per heavy atom. The number of hydrogen-bond acceptors (Lipinski definition) is 6. The second-order valence-electron chi connectivity index (χ2n) is 6.38. The van der Waals surface area contributed by atoms with Crippen molar-refractivity contribution in [3.63, 3.8) is 0 Å². The molecule has 0 saturated heterocycles. The third-order valence-corrected chi connectivity index (χ3v) is 5.71. The van der Waals surface area contributed by atoms with Crippen molar-refractivity contribution in [1.82, 2.24) is 19.7 Å². The number of nitrogens with zero attached hydrogens (tertiary/aromatic N) is 3. The minimum absolute atomic E-state index is 0.0421. The van der Waals surface area contributed by atoms with Gasteiger partial charge in [0.15, 0.2) is 11.4 Å². The third kappa shape index (κ3) is 4.53. The van der Waals surface area contributed by atoms with Gasteiger partial charge in [0.2, 0.25) is 0 Å². The summed E-state index contributed by atoms with van der Waals surface area (Å²) in [6.45, 7) is 1.56. The Balaban J connectivity index is 2.08. The van der Waals surface area contributed by atoms with E-state index in [1.807, 2.05) is 0 Å². The Kier molecular flexibility index (Phi) is 6.15. The number of methoxy groups -OCH3 is 1. The van der Waals surface area contributed by atoms with Crippen LogP contribution in [-0.2, 0) is 16.2 Å². The van der Waals surface area contributed by atoms with E-state index in [4.69, 9.17) is 16.3 Å². The molecule has 0 spiro atoms. The number of benzene rings is 2. The molecular weight excluding hydrogens is 480 g/mol. The Labute approximate surface area is 183 Å². The summed E-state index contributed by atoms with van der Waals surface area (Å²) in [6, 6.07) is 6.77. The second kappa shape index (κ2) is 8.39. The summed E-state index contributed by atoms with van der Waals surface area (Å²) in [4.78, 5) is 12.0. The zero-order chi connectivity index (χ0) is 23.8. The fourth-order valence-corrected chi connectivity index (χ4v) is 4.10. The van der Waals surface area contributed by atoms with E-state index in [1.54, 1.807) is 6.92 Å². The molecule has 14 heteroatoms. The van der Waals surface area contributed by atoms with Gasteiger partial charge in [-0.1, -0.05) is 22.9 Å². The standard InChI is InChI=1S/C18H13ClF4N4O4S/c1-9-3-6-13(31-2)14(7-9)32(29,30)25-17(28)15-16(18(21,22)23)27(26-24-15)12-5-4-10(19)8-11(12)20/h3-8H,1-2H3,(H,25,28). The van der Waals surface area contributed by atoms with Crippen LogP contribution in [0.3, 0.4) is 0 Å². The number of aromatic nitrogens is 3. The van der Waals surface area contributed by atoms with Crippen molar-refractivity contribution in [1.29, 1.82) is 0 Å². The van der Waals surface area contributed by atoms with E-state index in [0.29, 0.717) is 5.56 Å². The van der Waals surface area contributed by atoms with Gasteiger partial charge >= 0.3 is 6.18 Å². The highest BCUT2D eigenvalue weighted by molar-refractivity contribution is 7.90. The summed E-state index contributed by atoms with van der Waals surface area (Å²) in [7, 11) is -3.48. The highest BCUT2D eigenvalue weighted by Gasteiger charge is 2.43. The summed E-state index contributed by atoms with van der Waals surface area (Å²) >= 11 is 5.61. The predicted octanol–water partition coefficient (Wildman–Crippen LogP) is 3.51. The van der Waals surface area contributed by atoms with E-state index in [9.17, 15) is 30.8 Å². The van der Waals surface area contributed by atoms with E-state index in [2.05, 4.69) is 10.3 Å². The Hall–Kier alpha value is -3.19. The fraction of sp³-hybridized carbons (Fsp3) is 0.167. The Bertz CT molecular complexity index is 1310. The Morgan fingerprint density at radius 2 is 1.88 bits per heavy atom. The number of amides is 1. The molecule has 8 nitrogen and oxygen atoms in total. The molecule has 1 heterocycles. The summed E-state index contributed by atoms with van der Waals surface area (Å²) in [6.07, 6.45) is -5.24. The minimum atomic E-state index is -5.24. The molecule has 0 atom stereocenters. The molecule has 0 aliphatic carbocycles. The number of carbonyl (C=O) groups is 1. The third-order valence-electron chi connectivity index (χ3n) is 4.13. The highest BCUT2D eigenvalue weighted by atomic mass is 35.5. The largest absolute Gasteiger partial charge is 0.495 e. The van der Waals surface area contributed by atoms with Crippen molar-refractivity contribution in [2.45, 2.75) is 18.0 Å². The normalized spacial score (nSPS) is 12.0. The SMILES string of the molecule is COc1ccc(C)cc1S(=O)(=O)NC(=O)c1nnn(-c2ccc(Cl)cc2F)c1C(F)(F)F. The minimum Gasteiger partial charge on any atom is -0.495 e. The number of ether oxygens (including phenoxy) is 1. The number of nitrogens with one attached hydrogen (secondary N) is 1.